The van der Waals surface area contributed by atoms with E-state index in [0.29, 0.717) is 6.04 Å². The van der Waals surface area contributed by atoms with Gasteiger partial charge in [-0.2, -0.15) is 0 Å². The van der Waals surface area contributed by atoms with Crippen molar-refractivity contribution in [3.8, 4) is 0 Å². The molecule has 0 amide bonds. The van der Waals surface area contributed by atoms with Gasteiger partial charge in [0.05, 0.1) is 15.5 Å². The summed E-state index contributed by atoms with van der Waals surface area (Å²) in [5, 5.41) is 4.91. The monoisotopic (exact) mass is 370 g/mol. The minimum Gasteiger partial charge on any atom is -0.301 e. The quantitative estimate of drug-likeness (QED) is 0.824. The van der Waals surface area contributed by atoms with Crippen LogP contribution < -0.4 is 5.32 Å². The van der Waals surface area contributed by atoms with Gasteiger partial charge < -0.3 is 5.32 Å². The lowest BCUT2D eigenvalue weighted by molar-refractivity contribution is 0.531. The van der Waals surface area contributed by atoms with Gasteiger partial charge in [-0.25, -0.2) is 4.98 Å². The minimum atomic E-state index is 0.238. The van der Waals surface area contributed by atoms with Crippen LogP contribution in [-0.2, 0) is 12.8 Å². The topological polar surface area (TPSA) is 24.9 Å². The molecule has 2 aromatic heterocycles. The predicted molar refractivity (Wildman–Crippen MR) is 90.9 cm³/mol. The molecule has 20 heavy (non-hydrogen) atoms. The standard InChI is InChI=1S/C15H19BrN2S2/c1-9(2)17-14(12-7-8-13(16)19-12)15-18-10-5-3-4-6-11(10)20-15/h7-9,14,17H,3-6H2,1-2H3. The Hall–Kier alpha value is -0.230. The zero-order chi connectivity index (χ0) is 14.1. The van der Waals surface area contributed by atoms with E-state index >= 15 is 0 Å². The van der Waals surface area contributed by atoms with E-state index < -0.39 is 0 Å². The molecule has 0 bridgehead atoms. The number of nitrogens with one attached hydrogen (secondary N) is 1. The number of thiophene rings is 1. The zero-order valence-electron chi connectivity index (χ0n) is 11.8. The largest absolute Gasteiger partial charge is 0.301 e. The van der Waals surface area contributed by atoms with Crippen molar-refractivity contribution < 1.29 is 0 Å². The third kappa shape index (κ3) is 3.16. The summed E-state index contributed by atoms with van der Waals surface area (Å²) in [7, 11) is 0. The average molecular weight is 371 g/mol. The van der Waals surface area contributed by atoms with Crippen LogP contribution in [0.4, 0.5) is 0 Å². The Balaban J connectivity index is 1.94. The van der Waals surface area contributed by atoms with E-state index in [1.54, 1.807) is 11.3 Å². The smallest absolute Gasteiger partial charge is 0.116 e. The maximum Gasteiger partial charge on any atom is 0.116 e. The van der Waals surface area contributed by atoms with Gasteiger partial charge >= 0.3 is 0 Å². The number of hydrogen-bond acceptors (Lipinski definition) is 4. The first-order chi connectivity index (χ1) is 9.63. The van der Waals surface area contributed by atoms with Crippen molar-refractivity contribution in [2.45, 2.75) is 51.6 Å². The van der Waals surface area contributed by atoms with Crippen LogP contribution in [0.1, 0.15) is 53.2 Å². The number of hydrogen-bond donors (Lipinski definition) is 1. The molecule has 0 aliphatic heterocycles. The van der Waals surface area contributed by atoms with Crippen LogP contribution in [0.2, 0.25) is 0 Å². The number of thiazole rings is 1. The highest BCUT2D eigenvalue weighted by atomic mass is 79.9. The number of rotatable bonds is 4. The lowest BCUT2D eigenvalue weighted by atomic mass is 10.0. The van der Waals surface area contributed by atoms with Crippen LogP contribution in [0.5, 0.6) is 0 Å². The lowest BCUT2D eigenvalue weighted by Gasteiger charge is -2.18. The molecule has 5 heteroatoms. The van der Waals surface area contributed by atoms with Gasteiger partial charge in [0.2, 0.25) is 0 Å². The van der Waals surface area contributed by atoms with Gasteiger partial charge in [-0.05, 0) is 67.6 Å². The average Bonchev–Trinajstić information content (AvgIpc) is 3.01. The molecule has 1 aliphatic rings. The molecular formula is C15H19BrN2S2. The Labute approximate surface area is 136 Å². The van der Waals surface area contributed by atoms with Crippen LogP contribution in [-0.4, -0.2) is 11.0 Å². The molecule has 0 fully saturated rings. The Morgan fingerprint density at radius 1 is 1.20 bits per heavy atom. The summed E-state index contributed by atoms with van der Waals surface area (Å²) < 4.78 is 1.18. The molecule has 0 saturated carbocycles. The van der Waals surface area contributed by atoms with Gasteiger partial charge in [-0.3, -0.25) is 0 Å². The molecule has 1 unspecified atom stereocenters. The number of nitrogens with zero attached hydrogens (tertiary/aromatic N) is 1. The minimum absolute atomic E-state index is 0.238. The van der Waals surface area contributed by atoms with E-state index in [2.05, 4.69) is 47.2 Å². The highest BCUT2D eigenvalue weighted by Crippen LogP contribution is 2.36. The molecule has 0 spiro atoms. The first-order valence-electron chi connectivity index (χ1n) is 7.13. The predicted octanol–water partition coefficient (Wildman–Crippen LogP) is 4.93. The van der Waals surface area contributed by atoms with Crippen molar-refractivity contribution in [3.63, 3.8) is 0 Å². The van der Waals surface area contributed by atoms with E-state index in [0.717, 1.165) is 6.42 Å². The Bertz CT molecular complexity index is 565. The van der Waals surface area contributed by atoms with E-state index in [4.69, 9.17) is 4.98 Å². The lowest BCUT2D eigenvalue weighted by Crippen LogP contribution is -2.28. The molecule has 108 valence electrons. The van der Waals surface area contributed by atoms with E-state index in [1.807, 2.05) is 11.3 Å². The van der Waals surface area contributed by atoms with Gasteiger partial charge in [0.25, 0.3) is 0 Å². The Kier molecular flexibility index (Phi) is 4.60. The molecule has 2 nitrogen and oxygen atoms in total. The van der Waals surface area contributed by atoms with Gasteiger partial charge in [-0.1, -0.05) is 0 Å². The molecule has 0 saturated heterocycles. The number of aryl methyl sites for hydroxylation is 2. The van der Waals surface area contributed by atoms with Crippen molar-refractivity contribution in [2.24, 2.45) is 0 Å². The van der Waals surface area contributed by atoms with E-state index in [1.165, 1.54) is 43.5 Å². The highest BCUT2D eigenvalue weighted by Gasteiger charge is 2.23. The summed E-state index contributed by atoms with van der Waals surface area (Å²) in [6.45, 7) is 4.40. The second kappa shape index (κ2) is 6.26. The maximum absolute atomic E-state index is 4.94. The molecule has 0 radical (unpaired) electrons. The van der Waals surface area contributed by atoms with Crippen molar-refractivity contribution in [3.05, 3.63) is 36.4 Å². The normalized spacial score (nSPS) is 16.4. The molecule has 1 aliphatic carbocycles. The summed E-state index contributed by atoms with van der Waals surface area (Å²) in [5.74, 6) is 0. The molecule has 1 atom stereocenters. The maximum atomic E-state index is 4.94. The van der Waals surface area contributed by atoms with Crippen LogP contribution in [0, 0.1) is 0 Å². The summed E-state index contributed by atoms with van der Waals surface area (Å²) in [4.78, 5) is 7.79. The van der Waals surface area contributed by atoms with Crippen molar-refractivity contribution >= 4 is 38.6 Å². The summed E-state index contributed by atoms with van der Waals surface area (Å²) in [5.41, 5.74) is 1.35. The van der Waals surface area contributed by atoms with Crippen LogP contribution >= 0.6 is 38.6 Å². The van der Waals surface area contributed by atoms with Crippen LogP contribution in [0.25, 0.3) is 0 Å². The van der Waals surface area contributed by atoms with Crippen molar-refractivity contribution in [1.29, 1.82) is 0 Å². The highest BCUT2D eigenvalue weighted by molar-refractivity contribution is 9.11. The number of aromatic nitrogens is 1. The summed E-state index contributed by atoms with van der Waals surface area (Å²) >= 11 is 7.28. The first kappa shape index (κ1) is 14.7. The Morgan fingerprint density at radius 2 is 2.00 bits per heavy atom. The molecule has 2 aromatic rings. The molecule has 0 aromatic carbocycles. The summed E-state index contributed by atoms with van der Waals surface area (Å²) in [6, 6.07) is 5.02. The third-order valence-corrected chi connectivity index (χ3v) is 6.40. The summed E-state index contributed by atoms with van der Waals surface area (Å²) in [6.07, 6.45) is 4.99. The molecule has 1 N–H and O–H groups in total. The zero-order valence-corrected chi connectivity index (χ0v) is 15.0. The fourth-order valence-corrected chi connectivity index (χ4v) is 5.38. The van der Waals surface area contributed by atoms with E-state index in [9.17, 15) is 0 Å². The van der Waals surface area contributed by atoms with E-state index in [-0.39, 0.29) is 6.04 Å². The SMILES string of the molecule is CC(C)NC(c1ccc(Br)s1)c1nc2c(s1)CCCC2. The Morgan fingerprint density at radius 3 is 2.65 bits per heavy atom. The second-order valence-corrected chi connectivity index (χ2v) is 9.14. The van der Waals surface area contributed by atoms with Gasteiger partial charge in [0, 0.05) is 15.8 Å². The van der Waals surface area contributed by atoms with Gasteiger partial charge in [0.1, 0.15) is 5.01 Å². The molecular weight excluding hydrogens is 352 g/mol. The van der Waals surface area contributed by atoms with Gasteiger partial charge in [-0.15, -0.1) is 22.7 Å². The van der Waals surface area contributed by atoms with Crippen molar-refractivity contribution in [1.82, 2.24) is 10.3 Å². The number of fused-ring (bicyclic) bond motifs is 1. The van der Waals surface area contributed by atoms with Crippen LogP contribution in [0.15, 0.2) is 15.9 Å². The fraction of sp³-hybridized carbons (Fsp3) is 0.533. The third-order valence-electron chi connectivity index (χ3n) is 3.49. The van der Waals surface area contributed by atoms with Crippen LogP contribution in [0.3, 0.4) is 0 Å². The fourth-order valence-electron chi connectivity index (χ4n) is 2.59. The molecule has 2 heterocycles. The number of halogens is 1. The first-order valence-corrected chi connectivity index (χ1v) is 9.56. The van der Waals surface area contributed by atoms with Crippen molar-refractivity contribution in [2.75, 3.05) is 0 Å². The van der Waals surface area contributed by atoms with Gasteiger partial charge in [0.15, 0.2) is 0 Å². The second-order valence-electron chi connectivity index (χ2n) is 5.53. The molecule has 3 rings (SSSR count).